The van der Waals surface area contributed by atoms with Crippen LogP contribution in [0.1, 0.15) is 16.9 Å². The summed E-state index contributed by atoms with van der Waals surface area (Å²) in [7, 11) is 3.20. The largest absolute Gasteiger partial charge is 0.493 e. The molecule has 0 bridgehead atoms. The van der Waals surface area contributed by atoms with E-state index < -0.39 is 0 Å². The molecule has 0 atom stereocenters. The van der Waals surface area contributed by atoms with Crippen molar-refractivity contribution in [2.24, 2.45) is 0 Å². The van der Waals surface area contributed by atoms with Crippen molar-refractivity contribution < 1.29 is 14.3 Å². The molecule has 9 nitrogen and oxygen atoms in total. The Morgan fingerprint density at radius 1 is 1.09 bits per heavy atom. The van der Waals surface area contributed by atoms with Gasteiger partial charge in [-0.05, 0) is 37.2 Å². The quantitative estimate of drug-likeness (QED) is 0.479. The third kappa shape index (κ3) is 5.77. The lowest BCUT2D eigenvalue weighted by Crippen LogP contribution is -2.47. The Morgan fingerprint density at radius 3 is 2.58 bits per heavy atom. The van der Waals surface area contributed by atoms with E-state index in [0.29, 0.717) is 23.7 Å². The molecule has 0 aliphatic carbocycles. The van der Waals surface area contributed by atoms with E-state index in [1.54, 1.807) is 32.0 Å². The van der Waals surface area contributed by atoms with Gasteiger partial charge in [-0.2, -0.15) is 0 Å². The number of nitrogens with zero attached hydrogens (tertiary/aromatic N) is 5. The van der Waals surface area contributed by atoms with Crippen LogP contribution in [-0.2, 0) is 0 Å². The fourth-order valence-corrected chi connectivity index (χ4v) is 4.50. The molecule has 1 aliphatic rings. The number of carbonyl (C=O) groups excluding carboxylic acids is 1. The molecule has 0 unspecified atom stereocenters. The molecule has 174 valence electrons. The molecule has 1 aliphatic heterocycles. The number of amides is 1. The van der Waals surface area contributed by atoms with Crippen LogP contribution in [0.4, 0.5) is 5.95 Å². The van der Waals surface area contributed by atoms with Crippen molar-refractivity contribution in [2.75, 3.05) is 58.4 Å². The molecule has 1 N–H and O–H groups in total. The first-order valence-electron chi connectivity index (χ1n) is 10.9. The van der Waals surface area contributed by atoms with Crippen LogP contribution in [0.5, 0.6) is 11.5 Å². The molecule has 1 fully saturated rings. The average molecular weight is 469 g/mol. The van der Waals surface area contributed by atoms with Gasteiger partial charge >= 0.3 is 0 Å². The van der Waals surface area contributed by atoms with Crippen LogP contribution in [0.25, 0.3) is 10.6 Å². The first-order chi connectivity index (χ1) is 16.2. The number of rotatable bonds is 9. The van der Waals surface area contributed by atoms with Crippen LogP contribution in [0.2, 0.25) is 0 Å². The van der Waals surface area contributed by atoms with Crippen molar-refractivity contribution in [3.63, 3.8) is 0 Å². The first kappa shape index (κ1) is 22.9. The number of nitrogens with one attached hydrogen (secondary N) is 1. The van der Waals surface area contributed by atoms with Gasteiger partial charge in [0.15, 0.2) is 11.5 Å². The maximum absolute atomic E-state index is 12.5. The molecule has 1 aromatic carbocycles. The number of carbonyl (C=O) groups is 1. The predicted molar refractivity (Wildman–Crippen MR) is 128 cm³/mol. The van der Waals surface area contributed by atoms with Gasteiger partial charge in [-0.15, -0.1) is 11.3 Å². The van der Waals surface area contributed by atoms with Gasteiger partial charge in [-0.25, -0.2) is 15.0 Å². The minimum absolute atomic E-state index is 0.149. The van der Waals surface area contributed by atoms with Gasteiger partial charge in [0.05, 0.1) is 14.2 Å². The zero-order valence-corrected chi connectivity index (χ0v) is 19.7. The second-order valence-electron chi connectivity index (χ2n) is 7.59. The molecule has 3 aromatic rings. The van der Waals surface area contributed by atoms with Crippen molar-refractivity contribution in [1.29, 1.82) is 0 Å². The summed E-state index contributed by atoms with van der Waals surface area (Å²) >= 11 is 1.43. The topological polar surface area (TPSA) is 92.7 Å². The summed E-state index contributed by atoms with van der Waals surface area (Å²) in [5, 5.41) is 5.53. The molecule has 0 saturated carbocycles. The standard InChI is InChI=1S/C23H28N6O3S/c1-31-19-6-5-17(15-20(19)32-2)22-27-18(16-33-22)21(30)24-9-4-10-28-11-13-29(14-12-28)23-25-7-3-8-26-23/h3,5-8,15-16H,4,9-14H2,1-2H3,(H,24,30). The number of methoxy groups -OCH3 is 2. The number of thiazole rings is 1. The minimum Gasteiger partial charge on any atom is -0.493 e. The summed E-state index contributed by atoms with van der Waals surface area (Å²) in [4.78, 5) is 30.3. The third-order valence-corrected chi connectivity index (χ3v) is 6.40. The molecule has 0 spiro atoms. The highest BCUT2D eigenvalue weighted by Crippen LogP contribution is 2.33. The lowest BCUT2D eigenvalue weighted by atomic mass is 10.2. The molecule has 3 heterocycles. The van der Waals surface area contributed by atoms with Crippen LogP contribution in [0, 0.1) is 0 Å². The van der Waals surface area contributed by atoms with Crippen LogP contribution >= 0.6 is 11.3 Å². The smallest absolute Gasteiger partial charge is 0.270 e. The van der Waals surface area contributed by atoms with E-state index >= 15 is 0 Å². The van der Waals surface area contributed by atoms with Gasteiger partial charge < -0.3 is 19.7 Å². The lowest BCUT2D eigenvalue weighted by Gasteiger charge is -2.34. The van der Waals surface area contributed by atoms with Crippen molar-refractivity contribution in [1.82, 2.24) is 25.2 Å². The third-order valence-electron chi connectivity index (χ3n) is 5.51. The van der Waals surface area contributed by atoms with E-state index in [9.17, 15) is 4.79 Å². The second kappa shape index (κ2) is 11.1. The molecule has 33 heavy (non-hydrogen) atoms. The Bertz CT molecular complexity index is 1050. The van der Waals surface area contributed by atoms with E-state index in [4.69, 9.17) is 9.47 Å². The molecular formula is C23H28N6O3S. The zero-order valence-electron chi connectivity index (χ0n) is 18.9. The lowest BCUT2D eigenvalue weighted by molar-refractivity contribution is 0.0947. The summed E-state index contributed by atoms with van der Waals surface area (Å²) in [5.74, 6) is 1.93. The van der Waals surface area contributed by atoms with Crippen LogP contribution in [-0.4, -0.2) is 79.2 Å². The maximum atomic E-state index is 12.5. The van der Waals surface area contributed by atoms with Crippen molar-refractivity contribution in [3.05, 3.63) is 47.7 Å². The number of hydrogen-bond acceptors (Lipinski definition) is 9. The first-order valence-corrected chi connectivity index (χ1v) is 11.8. The molecular weight excluding hydrogens is 440 g/mol. The summed E-state index contributed by atoms with van der Waals surface area (Å²) < 4.78 is 10.6. The molecule has 4 rings (SSSR count). The molecule has 10 heteroatoms. The molecule has 1 saturated heterocycles. The van der Waals surface area contributed by atoms with Crippen LogP contribution < -0.4 is 19.7 Å². The van der Waals surface area contributed by atoms with Gasteiger partial charge in [0, 0.05) is 56.1 Å². The summed E-state index contributed by atoms with van der Waals surface area (Å²) in [6.45, 7) is 5.31. The number of anilines is 1. The highest BCUT2D eigenvalue weighted by Gasteiger charge is 2.18. The van der Waals surface area contributed by atoms with Crippen LogP contribution in [0.15, 0.2) is 42.0 Å². The van der Waals surface area contributed by atoms with E-state index in [1.165, 1.54) is 11.3 Å². The number of piperazine rings is 1. The Kier molecular flexibility index (Phi) is 7.69. The number of benzene rings is 1. The van der Waals surface area contributed by atoms with E-state index in [0.717, 1.165) is 55.7 Å². The van der Waals surface area contributed by atoms with Gasteiger partial charge in [0.25, 0.3) is 5.91 Å². The van der Waals surface area contributed by atoms with Crippen molar-refractivity contribution >= 4 is 23.2 Å². The minimum atomic E-state index is -0.149. The Labute approximate surface area is 197 Å². The van der Waals surface area contributed by atoms with Crippen molar-refractivity contribution in [3.8, 4) is 22.1 Å². The highest BCUT2D eigenvalue weighted by atomic mass is 32.1. The number of ether oxygens (including phenoxy) is 2. The van der Waals surface area contributed by atoms with Gasteiger partial charge in [-0.3, -0.25) is 9.69 Å². The molecule has 2 aromatic heterocycles. The van der Waals surface area contributed by atoms with Gasteiger partial charge in [0.1, 0.15) is 10.7 Å². The summed E-state index contributed by atoms with van der Waals surface area (Å²) in [6.07, 6.45) is 4.44. The highest BCUT2D eigenvalue weighted by molar-refractivity contribution is 7.13. The summed E-state index contributed by atoms with van der Waals surface area (Å²) in [5.41, 5.74) is 1.32. The monoisotopic (exact) mass is 468 g/mol. The van der Waals surface area contributed by atoms with E-state index in [-0.39, 0.29) is 5.91 Å². The molecule has 1 amide bonds. The molecule has 0 radical (unpaired) electrons. The fraction of sp³-hybridized carbons (Fsp3) is 0.391. The normalized spacial score (nSPS) is 14.2. The zero-order chi connectivity index (χ0) is 23.0. The SMILES string of the molecule is COc1ccc(-c2nc(C(=O)NCCCN3CCN(c4ncccn4)CC3)cs2)cc1OC. The van der Waals surface area contributed by atoms with Gasteiger partial charge in [0.2, 0.25) is 5.95 Å². The van der Waals surface area contributed by atoms with Crippen LogP contribution in [0.3, 0.4) is 0 Å². The number of hydrogen-bond donors (Lipinski definition) is 1. The second-order valence-corrected chi connectivity index (χ2v) is 8.45. The maximum Gasteiger partial charge on any atom is 0.270 e. The average Bonchev–Trinajstić information content (AvgIpc) is 3.37. The van der Waals surface area contributed by atoms with Gasteiger partial charge in [-0.1, -0.05) is 0 Å². The fourth-order valence-electron chi connectivity index (χ4n) is 3.70. The summed E-state index contributed by atoms with van der Waals surface area (Å²) in [6, 6.07) is 7.44. The van der Waals surface area contributed by atoms with E-state index in [2.05, 4.69) is 30.1 Å². The van der Waals surface area contributed by atoms with Crippen molar-refractivity contribution in [2.45, 2.75) is 6.42 Å². The number of aromatic nitrogens is 3. The Hall–Kier alpha value is -3.24. The Morgan fingerprint density at radius 2 is 1.85 bits per heavy atom. The predicted octanol–water partition coefficient (Wildman–Crippen LogP) is 2.56. The van der Waals surface area contributed by atoms with E-state index in [1.807, 2.05) is 24.3 Å². The Balaban J connectivity index is 1.21.